The fourth-order valence-electron chi connectivity index (χ4n) is 1.92. The molecular formula is C14H16ClNO4S. The number of nitrogens with one attached hydrogen (secondary N) is 1. The standard InChI is InChI=1S/C14H16ClNO4S/c1-10-11(15)5-3-7-14(10)21(17,18)16-9-13(19-2)12-6-4-8-20-12/h3-8,13,16H,9H2,1-2H3/t13-/m1/s1. The van der Waals surface area contributed by atoms with E-state index < -0.39 is 16.1 Å². The van der Waals surface area contributed by atoms with Gasteiger partial charge in [0.25, 0.3) is 0 Å². The van der Waals surface area contributed by atoms with Gasteiger partial charge >= 0.3 is 0 Å². The number of benzene rings is 1. The van der Waals surface area contributed by atoms with Gasteiger partial charge in [0, 0.05) is 18.7 Å². The Morgan fingerprint density at radius 2 is 2.10 bits per heavy atom. The highest BCUT2D eigenvalue weighted by molar-refractivity contribution is 7.89. The van der Waals surface area contributed by atoms with Crippen LogP contribution in [0, 0.1) is 6.92 Å². The van der Waals surface area contributed by atoms with Gasteiger partial charge in [0.1, 0.15) is 11.9 Å². The van der Waals surface area contributed by atoms with Crippen molar-refractivity contribution >= 4 is 21.6 Å². The monoisotopic (exact) mass is 329 g/mol. The molecule has 1 atom stereocenters. The summed E-state index contributed by atoms with van der Waals surface area (Å²) in [7, 11) is -2.17. The number of rotatable bonds is 6. The van der Waals surface area contributed by atoms with Crippen LogP contribution in [0.2, 0.25) is 5.02 Å². The summed E-state index contributed by atoms with van der Waals surface area (Å²) in [5.74, 6) is 0.558. The first-order chi connectivity index (χ1) is 9.95. The molecule has 0 aliphatic carbocycles. The SMILES string of the molecule is CO[C@H](CNS(=O)(=O)c1cccc(Cl)c1C)c1ccco1. The molecule has 5 nitrogen and oxygen atoms in total. The van der Waals surface area contributed by atoms with Gasteiger partial charge in [-0.25, -0.2) is 13.1 Å². The molecule has 0 fully saturated rings. The Kier molecular flexibility index (Phi) is 5.05. The van der Waals surface area contributed by atoms with Gasteiger partial charge in [0.2, 0.25) is 10.0 Å². The molecule has 114 valence electrons. The number of hydrogen-bond acceptors (Lipinski definition) is 4. The smallest absolute Gasteiger partial charge is 0.240 e. The van der Waals surface area contributed by atoms with Crippen LogP contribution in [0.25, 0.3) is 0 Å². The van der Waals surface area contributed by atoms with Crippen LogP contribution in [0.3, 0.4) is 0 Å². The maximum absolute atomic E-state index is 12.3. The molecule has 0 unspecified atom stereocenters. The van der Waals surface area contributed by atoms with Crippen LogP contribution in [0.4, 0.5) is 0 Å². The van der Waals surface area contributed by atoms with E-state index in [4.69, 9.17) is 20.8 Å². The lowest BCUT2D eigenvalue weighted by Gasteiger charge is -2.15. The summed E-state index contributed by atoms with van der Waals surface area (Å²) in [6.07, 6.45) is 1.02. The summed E-state index contributed by atoms with van der Waals surface area (Å²) in [5.41, 5.74) is 0.513. The van der Waals surface area contributed by atoms with Crippen molar-refractivity contribution in [2.45, 2.75) is 17.9 Å². The third-order valence-electron chi connectivity index (χ3n) is 3.11. The Morgan fingerprint density at radius 3 is 2.71 bits per heavy atom. The van der Waals surface area contributed by atoms with Gasteiger partial charge in [-0.2, -0.15) is 0 Å². The minimum atomic E-state index is -3.67. The minimum Gasteiger partial charge on any atom is -0.467 e. The van der Waals surface area contributed by atoms with Crippen molar-refractivity contribution in [2.24, 2.45) is 0 Å². The first-order valence-electron chi connectivity index (χ1n) is 6.26. The van der Waals surface area contributed by atoms with Crippen LogP contribution in [0.5, 0.6) is 0 Å². The zero-order chi connectivity index (χ0) is 15.5. The summed E-state index contributed by atoms with van der Waals surface area (Å²) in [4.78, 5) is 0.157. The van der Waals surface area contributed by atoms with Crippen molar-refractivity contribution in [3.05, 3.63) is 52.9 Å². The summed E-state index contributed by atoms with van der Waals surface area (Å²) < 4.78 is 37.6. The number of sulfonamides is 1. The molecule has 1 heterocycles. The van der Waals surface area contributed by atoms with E-state index in [1.165, 1.54) is 19.4 Å². The van der Waals surface area contributed by atoms with Gasteiger partial charge in [0.05, 0.1) is 11.2 Å². The van der Waals surface area contributed by atoms with Gasteiger partial charge in [0.15, 0.2) is 0 Å². The third kappa shape index (κ3) is 3.65. The van der Waals surface area contributed by atoms with Crippen LogP contribution >= 0.6 is 11.6 Å². The zero-order valence-corrected chi connectivity index (χ0v) is 13.2. The molecule has 1 aromatic heterocycles. The first kappa shape index (κ1) is 16.0. The minimum absolute atomic E-state index is 0.0678. The van der Waals surface area contributed by atoms with E-state index in [2.05, 4.69) is 4.72 Å². The Labute approximate surface area is 128 Å². The van der Waals surface area contributed by atoms with E-state index in [0.717, 1.165) is 0 Å². The third-order valence-corrected chi connectivity index (χ3v) is 5.09. The predicted octanol–water partition coefficient (Wildman–Crippen LogP) is 2.91. The topological polar surface area (TPSA) is 68.5 Å². The second kappa shape index (κ2) is 6.62. The lowest BCUT2D eigenvalue weighted by molar-refractivity contribution is 0.0878. The molecule has 0 aliphatic heterocycles. The van der Waals surface area contributed by atoms with Crippen LogP contribution in [-0.2, 0) is 14.8 Å². The van der Waals surface area contributed by atoms with Crippen LogP contribution in [0.1, 0.15) is 17.4 Å². The summed E-state index contributed by atoms with van der Waals surface area (Å²) in [6, 6.07) is 8.21. The van der Waals surface area contributed by atoms with Gasteiger partial charge in [-0.15, -0.1) is 0 Å². The molecule has 21 heavy (non-hydrogen) atoms. The van der Waals surface area contributed by atoms with Crippen molar-refractivity contribution in [3.63, 3.8) is 0 Å². The maximum Gasteiger partial charge on any atom is 0.240 e. The molecule has 0 aliphatic rings. The van der Waals surface area contributed by atoms with E-state index in [9.17, 15) is 8.42 Å². The van der Waals surface area contributed by atoms with Crippen LogP contribution < -0.4 is 4.72 Å². The molecule has 1 aromatic carbocycles. The molecule has 7 heteroatoms. The van der Waals surface area contributed by atoms with Crippen LogP contribution in [0.15, 0.2) is 45.9 Å². The highest BCUT2D eigenvalue weighted by Gasteiger charge is 2.21. The fourth-order valence-corrected chi connectivity index (χ4v) is 3.44. The lowest BCUT2D eigenvalue weighted by Crippen LogP contribution is -2.29. The molecule has 0 radical (unpaired) electrons. The normalized spacial score (nSPS) is 13.3. The zero-order valence-electron chi connectivity index (χ0n) is 11.7. The second-order valence-corrected chi connectivity index (χ2v) is 6.60. The van der Waals surface area contributed by atoms with Crippen molar-refractivity contribution in [3.8, 4) is 0 Å². The van der Waals surface area contributed by atoms with Crippen molar-refractivity contribution < 1.29 is 17.6 Å². The molecule has 2 rings (SSSR count). The molecule has 0 saturated heterocycles. The largest absolute Gasteiger partial charge is 0.467 e. The number of hydrogen-bond donors (Lipinski definition) is 1. The van der Waals surface area contributed by atoms with Gasteiger partial charge < -0.3 is 9.15 Å². The molecule has 1 N–H and O–H groups in total. The molecule has 0 amide bonds. The lowest BCUT2D eigenvalue weighted by atomic mass is 10.2. The predicted molar refractivity (Wildman–Crippen MR) is 79.8 cm³/mol. The molecule has 0 bridgehead atoms. The Balaban J connectivity index is 2.16. The van der Waals surface area contributed by atoms with Gasteiger partial charge in [-0.3, -0.25) is 0 Å². The quantitative estimate of drug-likeness (QED) is 0.884. The Bertz CT molecular complexity index is 698. The molecule has 0 saturated carbocycles. The van der Waals surface area contributed by atoms with E-state index >= 15 is 0 Å². The fraction of sp³-hybridized carbons (Fsp3) is 0.286. The maximum atomic E-state index is 12.3. The van der Waals surface area contributed by atoms with Crippen molar-refractivity contribution in [2.75, 3.05) is 13.7 Å². The first-order valence-corrected chi connectivity index (χ1v) is 8.13. The number of halogens is 1. The molecule has 2 aromatic rings. The number of furan rings is 1. The number of methoxy groups -OCH3 is 1. The van der Waals surface area contributed by atoms with E-state index in [0.29, 0.717) is 16.3 Å². The van der Waals surface area contributed by atoms with Crippen molar-refractivity contribution in [1.29, 1.82) is 0 Å². The average Bonchev–Trinajstić information content (AvgIpc) is 2.96. The number of ether oxygens (including phenoxy) is 1. The van der Waals surface area contributed by atoms with Crippen LogP contribution in [-0.4, -0.2) is 22.1 Å². The summed E-state index contributed by atoms with van der Waals surface area (Å²) >= 11 is 5.96. The average molecular weight is 330 g/mol. The summed E-state index contributed by atoms with van der Waals surface area (Å²) in [5, 5.41) is 0.409. The van der Waals surface area contributed by atoms with Crippen molar-refractivity contribution in [1.82, 2.24) is 4.72 Å². The van der Waals surface area contributed by atoms with E-state index in [1.807, 2.05) is 0 Å². The van der Waals surface area contributed by atoms with E-state index in [1.54, 1.807) is 31.2 Å². The Hall–Kier alpha value is -1.34. The molecular weight excluding hydrogens is 314 g/mol. The van der Waals surface area contributed by atoms with Gasteiger partial charge in [-0.1, -0.05) is 17.7 Å². The molecule has 0 spiro atoms. The summed E-state index contributed by atoms with van der Waals surface area (Å²) in [6.45, 7) is 1.73. The second-order valence-electron chi connectivity index (χ2n) is 4.45. The van der Waals surface area contributed by atoms with Gasteiger partial charge in [-0.05, 0) is 36.8 Å². The Morgan fingerprint density at radius 1 is 1.33 bits per heavy atom. The van der Waals surface area contributed by atoms with E-state index in [-0.39, 0.29) is 11.4 Å². The highest BCUT2D eigenvalue weighted by Crippen LogP contribution is 2.23. The highest BCUT2D eigenvalue weighted by atomic mass is 35.5.